The Morgan fingerprint density at radius 1 is 1.18 bits per heavy atom. The van der Waals surface area contributed by atoms with Crippen LogP contribution in [0.2, 0.25) is 0 Å². The number of thioether (sulfide) groups is 2. The maximum atomic E-state index is 12.5. The van der Waals surface area contributed by atoms with Crippen molar-refractivity contribution in [3.8, 4) is 0 Å². The molecule has 5 nitrogen and oxygen atoms in total. The summed E-state index contributed by atoms with van der Waals surface area (Å²) in [4.78, 5) is 28.1. The van der Waals surface area contributed by atoms with Crippen molar-refractivity contribution in [3.05, 3.63) is 35.9 Å². The van der Waals surface area contributed by atoms with Crippen LogP contribution in [0.5, 0.6) is 0 Å². The molecule has 0 N–H and O–H groups in total. The van der Waals surface area contributed by atoms with Crippen LogP contribution in [0.25, 0.3) is 0 Å². The highest BCUT2D eigenvalue weighted by Gasteiger charge is 2.38. The molecule has 2 heterocycles. The van der Waals surface area contributed by atoms with Gasteiger partial charge in [-0.2, -0.15) is 0 Å². The van der Waals surface area contributed by atoms with E-state index in [0.29, 0.717) is 11.6 Å². The van der Waals surface area contributed by atoms with E-state index in [9.17, 15) is 9.59 Å². The first-order chi connectivity index (χ1) is 10.8. The first kappa shape index (κ1) is 15.6. The predicted molar refractivity (Wildman–Crippen MR) is 88.6 cm³/mol. The second-order valence-corrected chi connectivity index (χ2v) is 7.24. The van der Waals surface area contributed by atoms with Crippen LogP contribution < -0.4 is 0 Å². The van der Waals surface area contributed by atoms with Crippen LogP contribution in [0.4, 0.5) is 4.79 Å². The molecule has 118 valence electrons. The van der Waals surface area contributed by atoms with Crippen molar-refractivity contribution in [2.75, 3.05) is 29.8 Å². The Morgan fingerprint density at radius 3 is 2.73 bits per heavy atom. The van der Waals surface area contributed by atoms with Gasteiger partial charge >= 0.3 is 6.09 Å². The lowest BCUT2D eigenvalue weighted by molar-refractivity contribution is -0.133. The van der Waals surface area contributed by atoms with Crippen LogP contribution in [-0.2, 0) is 16.1 Å². The summed E-state index contributed by atoms with van der Waals surface area (Å²) in [5, 5.41) is 0. The first-order valence-electron chi connectivity index (χ1n) is 7.17. The van der Waals surface area contributed by atoms with Gasteiger partial charge in [0.15, 0.2) is 0 Å². The van der Waals surface area contributed by atoms with Crippen molar-refractivity contribution in [1.29, 1.82) is 0 Å². The highest BCUT2D eigenvalue weighted by molar-refractivity contribution is 7.99. The molecule has 0 spiro atoms. The number of rotatable bonds is 3. The maximum Gasteiger partial charge on any atom is 0.411 e. The molecule has 1 aromatic rings. The molecule has 2 fully saturated rings. The Kier molecular flexibility index (Phi) is 5.15. The van der Waals surface area contributed by atoms with E-state index in [-0.39, 0.29) is 18.6 Å². The molecule has 1 aromatic carbocycles. The SMILES string of the molecule is O=C(C1CSCN1C(=O)OCc1ccccc1)N1CCSC1. The van der Waals surface area contributed by atoms with Gasteiger partial charge in [0.2, 0.25) is 5.91 Å². The highest BCUT2D eigenvalue weighted by Crippen LogP contribution is 2.25. The quantitative estimate of drug-likeness (QED) is 0.846. The molecule has 2 amide bonds. The zero-order valence-electron chi connectivity index (χ0n) is 12.1. The second-order valence-electron chi connectivity index (χ2n) is 5.16. The number of ether oxygens (including phenoxy) is 1. The molecule has 2 aliphatic rings. The van der Waals surface area contributed by atoms with E-state index in [1.54, 1.807) is 28.4 Å². The highest BCUT2D eigenvalue weighted by atomic mass is 32.2. The molecule has 3 rings (SSSR count). The number of carbonyl (C=O) groups is 2. The van der Waals surface area contributed by atoms with Crippen LogP contribution in [0.3, 0.4) is 0 Å². The summed E-state index contributed by atoms with van der Waals surface area (Å²) in [6.45, 7) is 1.01. The topological polar surface area (TPSA) is 49.9 Å². The lowest BCUT2D eigenvalue weighted by atomic mass is 10.2. The minimum absolute atomic E-state index is 0.0478. The van der Waals surface area contributed by atoms with Gasteiger partial charge in [-0.15, -0.1) is 23.5 Å². The summed E-state index contributed by atoms with van der Waals surface area (Å²) in [6.07, 6.45) is -0.404. The zero-order valence-corrected chi connectivity index (χ0v) is 13.8. The molecule has 0 saturated carbocycles. The van der Waals surface area contributed by atoms with E-state index < -0.39 is 6.09 Å². The number of hydrogen-bond donors (Lipinski definition) is 0. The number of nitrogens with zero attached hydrogens (tertiary/aromatic N) is 2. The van der Waals surface area contributed by atoms with Crippen LogP contribution in [-0.4, -0.2) is 57.6 Å². The van der Waals surface area contributed by atoms with Gasteiger partial charge < -0.3 is 9.64 Å². The maximum absolute atomic E-state index is 12.5. The van der Waals surface area contributed by atoms with Gasteiger partial charge in [0.25, 0.3) is 0 Å². The molecule has 0 bridgehead atoms. The van der Waals surface area contributed by atoms with E-state index in [0.717, 1.165) is 23.7 Å². The number of carbonyl (C=O) groups excluding carboxylic acids is 2. The van der Waals surface area contributed by atoms with Gasteiger partial charge in [-0.05, 0) is 5.56 Å². The summed E-state index contributed by atoms with van der Waals surface area (Å²) in [5.74, 6) is 2.93. The van der Waals surface area contributed by atoms with E-state index >= 15 is 0 Å². The zero-order chi connectivity index (χ0) is 15.4. The number of amides is 2. The van der Waals surface area contributed by atoms with Gasteiger partial charge in [-0.3, -0.25) is 9.69 Å². The average Bonchev–Trinajstić information content (AvgIpc) is 3.24. The molecule has 0 aromatic heterocycles. The van der Waals surface area contributed by atoms with Crippen molar-refractivity contribution in [2.45, 2.75) is 12.6 Å². The third kappa shape index (κ3) is 3.52. The molecule has 0 radical (unpaired) electrons. The van der Waals surface area contributed by atoms with Gasteiger partial charge in [-0.1, -0.05) is 30.3 Å². The first-order valence-corrected chi connectivity index (χ1v) is 9.48. The van der Waals surface area contributed by atoms with Gasteiger partial charge in [0, 0.05) is 18.1 Å². The van der Waals surface area contributed by atoms with Crippen LogP contribution >= 0.6 is 23.5 Å². The Labute approximate surface area is 138 Å². The summed E-state index contributed by atoms with van der Waals surface area (Å²) < 4.78 is 5.35. The minimum Gasteiger partial charge on any atom is -0.445 e. The van der Waals surface area contributed by atoms with Gasteiger partial charge in [-0.25, -0.2) is 4.79 Å². The van der Waals surface area contributed by atoms with Crippen molar-refractivity contribution in [1.82, 2.24) is 9.80 Å². The van der Waals surface area contributed by atoms with Crippen molar-refractivity contribution in [2.24, 2.45) is 0 Å². The predicted octanol–water partition coefficient (Wildman–Crippen LogP) is 2.23. The van der Waals surface area contributed by atoms with Crippen LogP contribution in [0.15, 0.2) is 30.3 Å². The van der Waals surface area contributed by atoms with E-state index in [1.807, 2.05) is 35.2 Å². The van der Waals surface area contributed by atoms with E-state index in [2.05, 4.69) is 0 Å². The van der Waals surface area contributed by atoms with Crippen LogP contribution in [0, 0.1) is 0 Å². The Balaban J connectivity index is 1.57. The van der Waals surface area contributed by atoms with Gasteiger partial charge in [0.05, 0.1) is 11.8 Å². The fourth-order valence-electron chi connectivity index (χ4n) is 2.43. The largest absolute Gasteiger partial charge is 0.445 e. The second kappa shape index (κ2) is 7.28. The third-order valence-electron chi connectivity index (χ3n) is 3.67. The Morgan fingerprint density at radius 2 is 2.00 bits per heavy atom. The smallest absolute Gasteiger partial charge is 0.411 e. The lowest BCUT2D eigenvalue weighted by Gasteiger charge is -2.26. The third-order valence-corrected chi connectivity index (χ3v) is 5.65. The summed E-state index contributed by atoms with van der Waals surface area (Å²) in [7, 11) is 0. The lowest BCUT2D eigenvalue weighted by Crippen LogP contribution is -2.48. The molecule has 2 aliphatic heterocycles. The average molecular weight is 338 g/mol. The molecule has 22 heavy (non-hydrogen) atoms. The van der Waals surface area contributed by atoms with Crippen molar-refractivity contribution >= 4 is 35.5 Å². The Hall–Kier alpha value is -1.34. The number of benzene rings is 1. The van der Waals surface area contributed by atoms with E-state index in [1.165, 1.54) is 0 Å². The monoisotopic (exact) mass is 338 g/mol. The number of hydrogen-bond acceptors (Lipinski definition) is 5. The molecule has 0 aliphatic carbocycles. The molecule has 1 atom stereocenters. The van der Waals surface area contributed by atoms with E-state index in [4.69, 9.17) is 4.74 Å². The fourth-order valence-corrected chi connectivity index (χ4v) is 4.52. The van der Waals surface area contributed by atoms with Crippen molar-refractivity contribution in [3.63, 3.8) is 0 Å². The summed E-state index contributed by atoms with van der Waals surface area (Å²) in [5.41, 5.74) is 0.946. The molecule has 7 heteroatoms. The molecule has 2 saturated heterocycles. The van der Waals surface area contributed by atoms with Gasteiger partial charge in [0.1, 0.15) is 12.6 Å². The summed E-state index contributed by atoms with van der Waals surface area (Å²) >= 11 is 3.35. The standard InChI is InChI=1S/C15H18N2O3S2/c18-14(16-6-7-21-10-16)13-9-22-11-17(13)15(19)20-8-12-4-2-1-3-5-12/h1-5,13H,6-11H2. The minimum atomic E-state index is -0.404. The Bertz CT molecular complexity index is 535. The molecular weight excluding hydrogens is 320 g/mol. The van der Waals surface area contributed by atoms with Crippen LogP contribution in [0.1, 0.15) is 5.56 Å². The fraction of sp³-hybridized carbons (Fsp3) is 0.467. The molecule has 1 unspecified atom stereocenters. The normalized spacial score (nSPS) is 21.2. The summed E-state index contributed by atoms with van der Waals surface area (Å²) in [6, 6.07) is 9.18. The molecular formula is C15H18N2O3S2. The van der Waals surface area contributed by atoms with Crippen molar-refractivity contribution < 1.29 is 14.3 Å².